The zero-order valence-corrected chi connectivity index (χ0v) is 15.5. The highest BCUT2D eigenvalue weighted by Gasteiger charge is 2.49. The highest BCUT2D eigenvalue weighted by Crippen LogP contribution is 2.44. The molecule has 0 bridgehead atoms. The van der Waals surface area contributed by atoms with Crippen molar-refractivity contribution in [3.8, 4) is 0 Å². The number of carbonyl (C=O) groups is 1. The maximum atomic E-state index is 12.7. The first kappa shape index (κ1) is 17.7. The van der Waals surface area contributed by atoms with Crippen LogP contribution in [0.15, 0.2) is 0 Å². The monoisotopic (exact) mass is 351 g/mol. The average Bonchev–Trinajstić information content (AvgIpc) is 3.27. The van der Waals surface area contributed by atoms with Gasteiger partial charge in [-0.05, 0) is 51.7 Å². The standard InChI is InChI=1S/C19H33N3O3/c1-21-14-16(18(23)20-6-9-22-7-2-3-8-22)12-15-13-19(5-4-17(15)21)24-10-11-25-19/h15-17H,2-14H2,1H3,(H,20,23)/t15-,16?,17-/m1/s1. The van der Waals surface area contributed by atoms with Gasteiger partial charge in [0.1, 0.15) is 0 Å². The molecule has 1 unspecified atom stereocenters. The molecule has 1 amide bonds. The number of ether oxygens (including phenoxy) is 2. The number of carbonyl (C=O) groups excluding carboxylic acids is 1. The Morgan fingerprint density at radius 3 is 2.76 bits per heavy atom. The molecule has 4 fully saturated rings. The van der Waals surface area contributed by atoms with E-state index in [0.29, 0.717) is 25.2 Å². The van der Waals surface area contributed by atoms with Crippen LogP contribution in [0.1, 0.15) is 38.5 Å². The van der Waals surface area contributed by atoms with Gasteiger partial charge in [0.05, 0.1) is 19.1 Å². The van der Waals surface area contributed by atoms with Crippen LogP contribution < -0.4 is 5.32 Å². The molecule has 3 atom stereocenters. The Balaban J connectivity index is 1.29. The van der Waals surface area contributed by atoms with Crippen LogP contribution >= 0.6 is 0 Å². The van der Waals surface area contributed by atoms with Crippen LogP contribution in [0.3, 0.4) is 0 Å². The van der Waals surface area contributed by atoms with Crippen LogP contribution in [-0.4, -0.2) is 80.5 Å². The minimum atomic E-state index is -0.351. The summed E-state index contributed by atoms with van der Waals surface area (Å²) < 4.78 is 11.9. The maximum Gasteiger partial charge on any atom is 0.224 e. The lowest BCUT2D eigenvalue weighted by molar-refractivity contribution is -0.202. The van der Waals surface area contributed by atoms with Crippen molar-refractivity contribution in [2.24, 2.45) is 11.8 Å². The van der Waals surface area contributed by atoms with Gasteiger partial charge in [-0.15, -0.1) is 0 Å². The number of likely N-dealkylation sites (tertiary alicyclic amines) is 2. The van der Waals surface area contributed by atoms with Crippen LogP contribution in [0.2, 0.25) is 0 Å². The first-order valence-electron chi connectivity index (χ1n) is 10.1. The van der Waals surface area contributed by atoms with Crippen molar-refractivity contribution in [3.05, 3.63) is 0 Å². The molecule has 1 saturated carbocycles. The van der Waals surface area contributed by atoms with Crippen molar-refractivity contribution in [2.45, 2.75) is 50.4 Å². The molecule has 3 heterocycles. The quantitative estimate of drug-likeness (QED) is 0.821. The Bertz CT molecular complexity index is 475. The molecule has 6 nitrogen and oxygen atoms in total. The second-order valence-corrected chi connectivity index (χ2v) is 8.39. The first-order valence-corrected chi connectivity index (χ1v) is 10.1. The van der Waals surface area contributed by atoms with E-state index in [1.54, 1.807) is 0 Å². The zero-order chi connectivity index (χ0) is 17.3. The lowest BCUT2D eigenvalue weighted by atomic mass is 9.72. The van der Waals surface area contributed by atoms with Crippen LogP contribution in [0.4, 0.5) is 0 Å². The highest BCUT2D eigenvalue weighted by molar-refractivity contribution is 5.79. The van der Waals surface area contributed by atoms with Crippen molar-refractivity contribution in [3.63, 3.8) is 0 Å². The lowest BCUT2D eigenvalue weighted by Gasteiger charge is -2.49. The van der Waals surface area contributed by atoms with Crippen LogP contribution in [-0.2, 0) is 14.3 Å². The predicted octanol–water partition coefficient (Wildman–Crippen LogP) is 1.06. The molecule has 1 N–H and O–H groups in total. The molecular formula is C19H33N3O3. The van der Waals surface area contributed by atoms with Gasteiger partial charge >= 0.3 is 0 Å². The van der Waals surface area contributed by atoms with E-state index < -0.39 is 0 Å². The fourth-order valence-electron chi connectivity index (χ4n) is 5.42. The van der Waals surface area contributed by atoms with Gasteiger partial charge in [-0.25, -0.2) is 0 Å². The van der Waals surface area contributed by atoms with Crippen molar-refractivity contribution < 1.29 is 14.3 Å². The smallest absolute Gasteiger partial charge is 0.224 e. The number of piperidine rings is 1. The number of nitrogens with one attached hydrogen (secondary N) is 1. The van der Waals surface area contributed by atoms with Crippen molar-refractivity contribution >= 4 is 5.91 Å². The molecule has 0 aromatic heterocycles. The maximum absolute atomic E-state index is 12.7. The summed E-state index contributed by atoms with van der Waals surface area (Å²) in [7, 11) is 2.18. The SMILES string of the molecule is CN1CC(C(=O)NCCN2CCCC2)C[C@@H]2CC3(CC[C@H]21)OCCO3. The minimum absolute atomic E-state index is 0.0985. The second kappa shape index (κ2) is 7.51. The lowest BCUT2D eigenvalue weighted by Crippen LogP contribution is -2.55. The summed E-state index contributed by atoms with van der Waals surface area (Å²) in [5.41, 5.74) is 0. The van der Waals surface area contributed by atoms with Gasteiger partial charge < -0.3 is 24.6 Å². The van der Waals surface area contributed by atoms with E-state index in [1.165, 1.54) is 25.9 Å². The van der Waals surface area contributed by atoms with Crippen molar-refractivity contribution in [2.75, 3.05) is 53.0 Å². The van der Waals surface area contributed by atoms with Crippen molar-refractivity contribution in [1.82, 2.24) is 15.1 Å². The van der Waals surface area contributed by atoms with E-state index >= 15 is 0 Å². The van der Waals surface area contributed by atoms with E-state index in [-0.39, 0.29) is 17.6 Å². The fraction of sp³-hybridized carbons (Fsp3) is 0.947. The average molecular weight is 351 g/mol. The van der Waals surface area contributed by atoms with E-state index in [0.717, 1.165) is 45.3 Å². The predicted molar refractivity (Wildman–Crippen MR) is 95.2 cm³/mol. The molecule has 0 radical (unpaired) electrons. The summed E-state index contributed by atoms with van der Waals surface area (Å²) in [6.07, 6.45) is 6.63. The topological polar surface area (TPSA) is 54.0 Å². The van der Waals surface area contributed by atoms with E-state index in [1.807, 2.05) is 0 Å². The van der Waals surface area contributed by atoms with Gasteiger partial charge in [0.2, 0.25) is 5.91 Å². The van der Waals surface area contributed by atoms with Crippen LogP contribution in [0.25, 0.3) is 0 Å². The van der Waals surface area contributed by atoms with Crippen LogP contribution in [0, 0.1) is 11.8 Å². The van der Waals surface area contributed by atoms with E-state index in [4.69, 9.17) is 9.47 Å². The van der Waals surface area contributed by atoms with Crippen LogP contribution in [0.5, 0.6) is 0 Å². The summed E-state index contributed by atoms with van der Waals surface area (Å²) >= 11 is 0. The van der Waals surface area contributed by atoms with Gasteiger partial charge in [-0.1, -0.05) is 0 Å². The summed E-state index contributed by atoms with van der Waals surface area (Å²) in [6.45, 7) is 6.46. The highest BCUT2D eigenvalue weighted by atomic mass is 16.7. The Hall–Kier alpha value is -0.690. The largest absolute Gasteiger partial charge is 0.355 e. The number of rotatable bonds is 4. The first-order chi connectivity index (χ1) is 12.2. The third kappa shape index (κ3) is 3.87. The minimum Gasteiger partial charge on any atom is -0.355 e. The fourth-order valence-corrected chi connectivity index (χ4v) is 5.42. The summed E-state index contributed by atoms with van der Waals surface area (Å²) in [6, 6.07) is 0.576. The molecule has 0 aromatic rings. The number of hydrogen-bond acceptors (Lipinski definition) is 5. The van der Waals surface area contributed by atoms with Gasteiger partial charge in [0, 0.05) is 38.5 Å². The normalized spacial score (nSPS) is 35.8. The summed E-state index contributed by atoms with van der Waals surface area (Å²) in [5.74, 6) is 0.481. The number of amides is 1. The molecule has 3 saturated heterocycles. The molecule has 1 spiro atoms. The Morgan fingerprint density at radius 2 is 2.00 bits per heavy atom. The van der Waals surface area contributed by atoms with Gasteiger partial charge in [0.15, 0.2) is 5.79 Å². The van der Waals surface area contributed by atoms with Gasteiger partial charge in [-0.3, -0.25) is 4.79 Å². The van der Waals surface area contributed by atoms with E-state index in [9.17, 15) is 4.79 Å². The number of hydrogen-bond donors (Lipinski definition) is 1. The summed E-state index contributed by atoms with van der Waals surface area (Å²) in [4.78, 5) is 17.5. The number of fused-ring (bicyclic) bond motifs is 1. The molecule has 0 aromatic carbocycles. The molecular weight excluding hydrogens is 318 g/mol. The molecule has 6 heteroatoms. The van der Waals surface area contributed by atoms with Crippen molar-refractivity contribution in [1.29, 1.82) is 0 Å². The Morgan fingerprint density at radius 1 is 1.24 bits per heavy atom. The molecule has 142 valence electrons. The molecule has 3 aliphatic heterocycles. The molecule has 1 aliphatic carbocycles. The molecule has 25 heavy (non-hydrogen) atoms. The Labute approximate surface area is 151 Å². The van der Waals surface area contributed by atoms with Gasteiger partial charge in [-0.2, -0.15) is 0 Å². The van der Waals surface area contributed by atoms with E-state index in [2.05, 4.69) is 22.2 Å². The number of nitrogens with zero attached hydrogens (tertiary/aromatic N) is 2. The third-order valence-electron chi connectivity index (χ3n) is 6.71. The zero-order valence-electron chi connectivity index (χ0n) is 15.5. The molecule has 4 rings (SSSR count). The summed E-state index contributed by atoms with van der Waals surface area (Å²) in [5, 5.41) is 3.19. The Kier molecular flexibility index (Phi) is 5.32. The third-order valence-corrected chi connectivity index (χ3v) is 6.71. The second-order valence-electron chi connectivity index (χ2n) is 8.39. The van der Waals surface area contributed by atoms with Gasteiger partial charge in [0.25, 0.3) is 0 Å². The molecule has 4 aliphatic rings.